The fraction of sp³-hybridized carbons (Fsp3) is 0.174. The van der Waals surface area contributed by atoms with Crippen molar-refractivity contribution in [3.63, 3.8) is 0 Å². The van der Waals surface area contributed by atoms with Crippen molar-refractivity contribution in [1.29, 1.82) is 0 Å². The molecule has 1 aliphatic heterocycles. The lowest BCUT2D eigenvalue weighted by Crippen LogP contribution is -2.25. The lowest BCUT2D eigenvalue weighted by Gasteiger charge is -2.22. The Balaban J connectivity index is 1.54. The second-order valence-electron chi connectivity index (χ2n) is 7.68. The van der Waals surface area contributed by atoms with Gasteiger partial charge in [0.05, 0.1) is 11.6 Å². The number of ketones is 1. The SMILES string of the molecule is CC(=O)c1ccc(-c2ccc(C3CC(=O)Nc4c3c(C)nn4-c3ccc(=O)[nH]n3)o2)cc1. The number of anilines is 1. The summed E-state index contributed by atoms with van der Waals surface area (Å²) >= 11 is 0. The number of nitrogens with one attached hydrogen (secondary N) is 2. The Labute approximate surface area is 182 Å². The maximum absolute atomic E-state index is 12.5. The van der Waals surface area contributed by atoms with Gasteiger partial charge in [-0.3, -0.25) is 14.4 Å². The van der Waals surface area contributed by atoms with Crippen LogP contribution in [0.3, 0.4) is 0 Å². The fourth-order valence-electron chi connectivity index (χ4n) is 3.98. The smallest absolute Gasteiger partial charge is 0.264 e. The van der Waals surface area contributed by atoms with Gasteiger partial charge in [0.1, 0.15) is 17.3 Å². The van der Waals surface area contributed by atoms with E-state index >= 15 is 0 Å². The Morgan fingerprint density at radius 2 is 1.88 bits per heavy atom. The van der Waals surface area contributed by atoms with E-state index in [-0.39, 0.29) is 29.6 Å². The first-order valence-electron chi connectivity index (χ1n) is 10.1. The molecular formula is C23H19N5O4. The van der Waals surface area contributed by atoms with E-state index in [0.717, 1.165) is 16.8 Å². The third-order valence-electron chi connectivity index (χ3n) is 5.53. The molecule has 3 aromatic heterocycles. The van der Waals surface area contributed by atoms with Gasteiger partial charge in [0.15, 0.2) is 11.6 Å². The van der Waals surface area contributed by atoms with Gasteiger partial charge in [-0.25, -0.2) is 5.10 Å². The highest BCUT2D eigenvalue weighted by molar-refractivity contribution is 5.95. The Hall–Kier alpha value is -4.27. The van der Waals surface area contributed by atoms with Gasteiger partial charge < -0.3 is 9.73 Å². The van der Waals surface area contributed by atoms with Crippen LogP contribution in [0.25, 0.3) is 17.1 Å². The molecule has 9 heteroatoms. The predicted octanol–water partition coefficient (Wildman–Crippen LogP) is 3.20. The van der Waals surface area contributed by atoms with Gasteiger partial charge in [-0.05, 0) is 32.0 Å². The standard InChI is InChI=1S/C23H19N5O4/c1-12-22-16(18-8-7-17(32-18)15-5-3-14(4-6-15)13(2)29)11-21(31)24-23(22)28(27-12)19-9-10-20(30)26-25-19/h3-10,16H,11H2,1-2H3,(H,24,31)(H,26,30). The van der Waals surface area contributed by atoms with E-state index in [1.54, 1.807) is 12.1 Å². The Morgan fingerprint density at radius 3 is 2.56 bits per heavy atom. The number of nitrogens with zero attached hydrogens (tertiary/aromatic N) is 3. The van der Waals surface area contributed by atoms with Crippen LogP contribution in [0.4, 0.5) is 5.82 Å². The number of benzene rings is 1. The zero-order valence-corrected chi connectivity index (χ0v) is 17.4. The third kappa shape index (κ3) is 3.33. The summed E-state index contributed by atoms with van der Waals surface area (Å²) in [6.45, 7) is 3.38. The summed E-state index contributed by atoms with van der Waals surface area (Å²) in [7, 11) is 0. The molecular weight excluding hydrogens is 410 g/mol. The highest BCUT2D eigenvalue weighted by atomic mass is 16.3. The zero-order valence-electron chi connectivity index (χ0n) is 17.4. The molecule has 160 valence electrons. The predicted molar refractivity (Wildman–Crippen MR) is 116 cm³/mol. The van der Waals surface area contributed by atoms with E-state index < -0.39 is 0 Å². The largest absolute Gasteiger partial charge is 0.460 e. The molecule has 0 spiro atoms. The maximum atomic E-state index is 12.5. The average Bonchev–Trinajstić information content (AvgIpc) is 3.39. The molecule has 1 unspecified atom stereocenters. The number of amides is 1. The number of aromatic amines is 1. The molecule has 1 aromatic carbocycles. The van der Waals surface area contributed by atoms with Gasteiger partial charge in [0.25, 0.3) is 5.56 Å². The van der Waals surface area contributed by atoms with Crippen LogP contribution < -0.4 is 10.9 Å². The highest BCUT2D eigenvalue weighted by Crippen LogP contribution is 2.41. The number of H-pyrrole nitrogens is 1. The van der Waals surface area contributed by atoms with Crippen molar-refractivity contribution in [3.05, 3.63) is 81.5 Å². The van der Waals surface area contributed by atoms with Gasteiger partial charge in [0.2, 0.25) is 5.91 Å². The normalized spacial score (nSPS) is 15.3. The van der Waals surface area contributed by atoms with Crippen LogP contribution in [0.1, 0.15) is 46.6 Å². The Bertz CT molecular complexity index is 1390. The van der Waals surface area contributed by atoms with Crippen LogP contribution in [0.15, 0.2) is 57.7 Å². The number of carbonyl (C=O) groups is 2. The zero-order chi connectivity index (χ0) is 22.4. The molecule has 2 N–H and O–H groups in total. The Kier molecular flexibility index (Phi) is 4.58. The van der Waals surface area contributed by atoms with Gasteiger partial charge in [-0.2, -0.15) is 14.9 Å². The number of aryl methyl sites for hydroxylation is 1. The van der Waals surface area contributed by atoms with Crippen LogP contribution in [0.5, 0.6) is 0 Å². The van der Waals surface area contributed by atoms with Gasteiger partial charge in [-0.1, -0.05) is 24.3 Å². The summed E-state index contributed by atoms with van der Waals surface area (Å²) in [5.74, 6) is 1.70. The molecule has 0 aliphatic carbocycles. The van der Waals surface area contributed by atoms with Crippen LogP contribution >= 0.6 is 0 Å². The van der Waals surface area contributed by atoms with Crippen LogP contribution in [-0.2, 0) is 4.79 Å². The fourth-order valence-corrected chi connectivity index (χ4v) is 3.98. The Morgan fingerprint density at radius 1 is 1.09 bits per heavy atom. The molecule has 9 nitrogen and oxygen atoms in total. The van der Waals surface area contributed by atoms with Crippen LogP contribution in [0, 0.1) is 6.92 Å². The van der Waals surface area contributed by atoms with Crippen molar-refractivity contribution in [2.45, 2.75) is 26.2 Å². The van der Waals surface area contributed by atoms with Crippen molar-refractivity contribution in [2.24, 2.45) is 0 Å². The monoisotopic (exact) mass is 429 g/mol. The number of carbonyl (C=O) groups excluding carboxylic acids is 2. The highest BCUT2D eigenvalue weighted by Gasteiger charge is 2.34. The third-order valence-corrected chi connectivity index (χ3v) is 5.53. The van der Waals surface area contributed by atoms with Crippen molar-refractivity contribution < 1.29 is 14.0 Å². The molecule has 0 bridgehead atoms. The van der Waals surface area contributed by atoms with E-state index in [9.17, 15) is 14.4 Å². The number of Topliss-reactive ketones (excluding diaryl/α,β-unsaturated/α-hetero) is 1. The van der Waals surface area contributed by atoms with E-state index in [1.807, 2.05) is 31.2 Å². The minimum atomic E-state index is -0.326. The van der Waals surface area contributed by atoms with E-state index in [0.29, 0.717) is 28.7 Å². The van der Waals surface area contributed by atoms with E-state index in [2.05, 4.69) is 20.6 Å². The molecule has 0 fully saturated rings. The summed E-state index contributed by atoms with van der Waals surface area (Å²) < 4.78 is 7.64. The second-order valence-corrected chi connectivity index (χ2v) is 7.68. The molecule has 32 heavy (non-hydrogen) atoms. The number of hydrogen-bond donors (Lipinski definition) is 2. The van der Waals surface area contributed by atoms with Gasteiger partial charge >= 0.3 is 0 Å². The quantitative estimate of drug-likeness (QED) is 0.480. The van der Waals surface area contributed by atoms with Gasteiger partial charge in [0, 0.05) is 29.2 Å². The van der Waals surface area contributed by atoms with Crippen molar-refractivity contribution in [1.82, 2.24) is 20.0 Å². The van der Waals surface area contributed by atoms with E-state index in [4.69, 9.17) is 4.42 Å². The molecule has 4 heterocycles. The van der Waals surface area contributed by atoms with Crippen LogP contribution in [-0.4, -0.2) is 31.7 Å². The topological polar surface area (TPSA) is 123 Å². The lowest BCUT2D eigenvalue weighted by molar-refractivity contribution is -0.116. The van der Waals surface area contributed by atoms with Crippen molar-refractivity contribution >= 4 is 17.5 Å². The lowest BCUT2D eigenvalue weighted by atomic mass is 9.90. The summed E-state index contributed by atoms with van der Waals surface area (Å²) in [6, 6.07) is 13.8. The minimum absolute atomic E-state index is 0.00176. The van der Waals surface area contributed by atoms with E-state index in [1.165, 1.54) is 23.7 Å². The van der Waals surface area contributed by atoms with Crippen molar-refractivity contribution in [3.8, 4) is 17.1 Å². The van der Waals surface area contributed by atoms with Gasteiger partial charge in [-0.15, -0.1) is 0 Å². The summed E-state index contributed by atoms with van der Waals surface area (Å²) in [6.07, 6.45) is 0.217. The number of rotatable bonds is 4. The average molecular weight is 429 g/mol. The first-order valence-corrected chi connectivity index (χ1v) is 10.1. The minimum Gasteiger partial charge on any atom is -0.460 e. The number of hydrogen-bond acceptors (Lipinski definition) is 6. The number of fused-ring (bicyclic) bond motifs is 1. The van der Waals surface area contributed by atoms with Crippen LogP contribution in [0.2, 0.25) is 0 Å². The molecule has 0 saturated heterocycles. The summed E-state index contributed by atoms with van der Waals surface area (Å²) in [5.41, 5.74) is 2.71. The molecule has 0 saturated carbocycles. The molecule has 1 aliphatic rings. The van der Waals surface area contributed by atoms with Crippen molar-refractivity contribution in [2.75, 3.05) is 5.32 Å². The molecule has 1 atom stereocenters. The number of aromatic nitrogens is 4. The maximum Gasteiger partial charge on any atom is 0.264 e. The molecule has 0 radical (unpaired) electrons. The summed E-state index contributed by atoms with van der Waals surface area (Å²) in [5, 5.41) is 13.8. The summed E-state index contributed by atoms with van der Waals surface area (Å²) in [4.78, 5) is 35.4. The molecule has 1 amide bonds. The first kappa shape index (κ1) is 19.7. The number of furan rings is 1. The molecule has 5 rings (SSSR count). The molecule has 4 aromatic rings. The first-order chi connectivity index (χ1) is 15.4. The second kappa shape index (κ2) is 7.45.